The zero-order chi connectivity index (χ0) is 22.8. The van der Waals surface area contributed by atoms with Crippen molar-refractivity contribution in [2.24, 2.45) is 5.92 Å². The standard InChI is InChI=1S/C27H32N2O4/c1-32-23-10-7-21(8-11-23)27(13-16-33-17-14-27)26(31)28-22-9-6-19-12-15-29(24(19)18-22)25(30)20-4-2-3-5-20/h6-11,18,20H,2-5,12-17H2,1H3,(H,28,31). The van der Waals surface area contributed by atoms with E-state index in [9.17, 15) is 9.59 Å². The molecule has 1 saturated carbocycles. The number of hydrogen-bond donors (Lipinski definition) is 1. The summed E-state index contributed by atoms with van der Waals surface area (Å²) in [5.41, 5.74) is 3.20. The Hall–Kier alpha value is -2.86. The highest BCUT2D eigenvalue weighted by Crippen LogP contribution is 2.39. The first kappa shape index (κ1) is 22.0. The molecule has 3 aliphatic rings. The fourth-order valence-corrected chi connectivity index (χ4v) is 5.61. The number of benzene rings is 2. The smallest absolute Gasteiger partial charge is 0.235 e. The molecule has 0 bridgehead atoms. The van der Waals surface area contributed by atoms with E-state index in [1.165, 1.54) is 5.56 Å². The molecule has 2 aromatic carbocycles. The van der Waals surface area contributed by atoms with Crippen LogP contribution < -0.4 is 15.0 Å². The second-order valence-electron chi connectivity index (χ2n) is 9.44. The minimum Gasteiger partial charge on any atom is -0.497 e. The van der Waals surface area contributed by atoms with Crippen molar-refractivity contribution in [3.63, 3.8) is 0 Å². The fraction of sp³-hybridized carbons (Fsp3) is 0.481. The van der Waals surface area contributed by atoms with Crippen molar-refractivity contribution >= 4 is 23.2 Å². The van der Waals surface area contributed by atoms with Crippen LogP contribution >= 0.6 is 0 Å². The lowest BCUT2D eigenvalue weighted by molar-refractivity contribution is -0.125. The lowest BCUT2D eigenvalue weighted by Crippen LogP contribution is -2.44. The highest BCUT2D eigenvalue weighted by atomic mass is 16.5. The van der Waals surface area contributed by atoms with E-state index in [4.69, 9.17) is 9.47 Å². The van der Waals surface area contributed by atoms with Crippen LogP contribution in [0.3, 0.4) is 0 Å². The van der Waals surface area contributed by atoms with Gasteiger partial charge in [0.1, 0.15) is 5.75 Å². The highest BCUT2D eigenvalue weighted by Gasteiger charge is 2.42. The quantitative estimate of drug-likeness (QED) is 0.733. The third kappa shape index (κ3) is 4.12. The monoisotopic (exact) mass is 448 g/mol. The molecule has 1 aliphatic carbocycles. The summed E-state index contributed by atoms with van der Waals surface area (Å²) >= 11 is 0. The van der Waals surface area contributed by atoms with Crippen molar-refractivity contribution in [2.45, 2.75) is 50.4 Å². The average molecular weight is 449 g/mol. The van der Waals surface area contributed by atoms with E-state index in [1.807, 2.05) is 41.3 Å². The molecule has 2 aliphatic heterocycles. The number of rotatable bonds is 5. The Morgan fingerprint density at radius 2 is 1.79 bits per heavy atom. The van der Waals surface area contributed by atoms with Gasteiger partial charge in [-0.2, -0.15) is 0 Å². The number of amides is 2. The van der Waals surface area contributed by atoms with Gasteiger partial charge >= 0.3 is 0 Å². The molecule has 6 heteroatoms. The average Bonchev–Trinajstić information content (AvgIpc) is 3.54. The van der Waals surface area contributed by atoms with Gasteiger partial charge in [0.15, 0.2) is 0 Å². The molecule has 0 aromatic heterocycles. The minimum absolute atomic E-state index is 0.0254. The summed E-state index contributed by atoms with van der Waals surface area (Å²) in [5.74, 6) is 1.14. The van der Waals surface area contributed by atoms with Gasteiger partial charge in [-0.05, 0) is 67.5 Å². The summed E-state index contributed by atoms with van der Waals surface area (Å²) < 4.78 is 10.9. The van der Waals surface area contributed by atoms with E-state index in [1.54, 1.807) is 7.11 Å². The van der Waals surface area contributed by atoms with Crippen molar-refractivity contribution < 1.29 is 19.1 Å². The van der Waals surface area contributed by atoms with Crippen LogP contribution in [0.5, 0.6) is 5.75 Å². The number of anilines is 2. The summed E-state index contributed by atoms with van der Waals surface area (Å²) in [4.78, 5) is 28.7. The van der Waals surface area contributed by atoms with E-state index in [-0.39, 0.29) is 17.7 Å². The maximum atomic E-state index is 13.7. The van der Waals surface area contributed by atoms with Crippen LogP contribution in [0.25, 0.3) is 0 Å². The Bertz CT molecular complexity index is 1020. The highest BCUT2D eigenvalue weighted by molar-refractivity contribution is 6.01. The molecule has 2 amide bonds. The molecule has 174 valence electrons. The van der Waals surface area contributed by atoms with E-state index in [0.29, 0.717) is 26.1 Å². The summed E-state index contributed by atoms with van der Waals surface area (Å²) in [6.07, 6.45) is 6.40. The molecule has 0 unspecified atom stereocenters. The van der Waals surface area contributed by atoms with E-state index in [0.717, 1.165) is 61.3 Å². The molecule has 1 N–H and O–H groups in total. The van der Waals surface area contributed by atoms with Crippen LogP contribution in [-0.2, 0) is 26.2 Å². The number of methoxy groups -OCH3 is 1. The first-order valence-corrected chi connectivity index (χ1v) is 12.1. The number of carbonyl (C=O) groups excluding carboxylic acids is 2. The predicted octanol–water partition coefficient (Wildman–Crippen LogP) is 4.46. The lowest BCUT2D eigenvalue weighted by Gasteiger charge is -2.36. The maximum absolute atomic E-state index is 13.7. The summed E-state index contributed by atoms with van der Waals surface area (Å²) in [6, 6.07) is 13.8. The second-order valence-corrected chi connectivity index (χ2v) is 9.44. The molecule has 0 spiro atoms. The third-order valence-corrected chi connectivity index (χ3v) is 7.63. The van der Waals surface area contributed by atoms with Crippen LogP contribution in [0.1, 0.15) is 49.7 Å². The number of carbonyl (C=O) groups is 2. The molecule has 2 fully saturated rings. The topological polar surface area (TPSA) is 67.9 Å². The Kier molecular flexibility index (Phi) is 6.11. The maximum Gasteiger partial charge on any atom is 0.235 e. The summed E-state index contributed by atoms with van der Waals surface area (Å²) in [6.45, 7) is 1.83. The Balaban J connectivity index is 1.39. The number of ether oxygens (including phenoxy) is 2. The fourth-order valence-electron chi connectivity index (χ4n) is 5.61. The first-order valence-electron chi connectivity index (χ1n) is 12.1. The van der Waals surface area contributed by atoms with Crippen molar-refractivity contribution in [3.8, 4) is 5.75 Å². The summed E-state index contributed by atoms with van der Waals surface area (Å²) in [5, 5.41) is 3.17. The van der Waals surface area contributed by atoms with Crippen molar-refractivity contribution in [1.29, 1.82) is 0 Å². The Morgan fingerprint density at radius 1 is 1.06 bits per heavy atom. The molecule has 2 heterocycles. The molecule has 0 radical (unpaired) electrons. The van der Waals surface area contributed by atoms with Crippen LogP contribution in [0.2, 0.25) is 0 Å². The molecule has 0 atom stereocenters. The number of hydrogen-bond acceptors (Lipinski definition) is 4. The van der Waals surface area contributed by atoms with Gasteiger partial charge in [-0.3, -0.25) is 9.59 Å². The van der Waals surface area contributed by atoms with Gasteiger partial charge in [-0.25, -0.2) is 0 Å². The first-order chi connectivity index (χ1) is 16.1. The molecule has 2 aromatic rings. The van der Waals surface area contributed by atoms with E-state index < -0.39 is 5.41 Å². The van der Waals surface area contributed by atoms with Crippen LogP contribution in [0.15, 0.2) is 42.5 Å². The van der Waals surface area contributed by atoms with Gasteiger partial charge in [-0.1, -0.05) is 31.0 Å². The predicted molar refractivity (Wildman–Crippen MR) is 128 cm³/mol. The zero-order valence-electron chi connectivity index (χ0n) is 19.3. The number of nitrogens with zero attached hydrogens (tertiary/aromatic N) is 1. The van der Waals surface area contributed by atoms with E-state index >= 15 is 0 Å². The summed E-state index contributed by atoms with van der Waals surface area (Å²) in [7, 11) is 1.64. The molecule has 33 heavy (non-hydrogen) atoms. The van der Waals surface area contributed by atoms with Crippen molar-refractivity contribution in [1.82, 2.24) is 0 Å². The molecular weight excluding hydrogens is 416 g/mol. The van der Waals surface area contributed by atoms with Gasteiger partial charge in [0.25, 0.3) is 0 Å². The minimum atomic E-state index is -0.650. The van der Waals surface area contributed by atoms with Gasteiger partial charge in [0.05, 0.1) is 12.5 Å². The van der Waals surface area contributed by atoms with Crippen molar-refractivity contribution in [3.05, 3.63) is 53.6 Å². The number of nitrogens with one attached hydrogen (secondary N) is 1. The lowest BCUT2D eigenvalue weighted by atomic mass is 9.73. The van der Waals surface area contributed by atoms with Gasteiger partial charge in [-0.15, -0.1) is 0 Å². The van der Waals surface area contributed by atoms with Gasteiger partial charge < -0.3 is 19.7 Å². The van der Waals surface area contributed by atoms with Gasteiger partial charge in [0, 0.05) is 37.1 Å². The SMILES string of the molecule is COc1ccc(C2(C(=O)Nc3ccc4c(c3)N(C(=O)C3CCCC3)CC4)CCOCC2)cc1. The van der Waals surface area contributed by atoms with E-state index in [2.05, 4.69) is 11.4 Å². The van der Waals surface area contributed by atoms with Gasteiger partial charge in [0.2, 0.25) is 11.8 Å². The zero-order valence-corrected chi connectivity index (χ0v) is 19.3. The van der Waals surface area contributed by atoms with Crippen LogP contribution in [0, 0.1) is 5.92 Å². The normalized spacial score (nSPS) is 19.8. The number of fused-ring (bicyclic) bond motifs is 1. The van der Waals surface area contributed by atoms with Crippen molar-refractivity contribution in [2.75, 3.05) is 37.1 Å². The third-order valence-electron chi connectivity index (χ3n) is 7.63. The molecule has 5 rings (SSSR count). The molecular formula is C27H32N2O4. The Morgan fingerprint density at radius 3 is 2.48 bits per heavy atom. The molecule has 6 nitrogen and oxygen atoms in total. The molecule has 1 saturated heterocycles. The second kappa shape index (κ2) is 9.18. The van der Waals surface area contributed by atoms with Crippen LogP contribution in [-0.4, -0.2) is 38.7 Å². The Labute approximate surface area is 195 Å². The van der Waals surface area contributed by atoms with Crippen LogP contribution in [0.4, 0.5) is 11.4 Å². The largest absolute Gasteiger partial charge is 0.497 e.